The Labute approximate surface area is 151 Å². The summed E-state index contributed by atoms with van der Waals surface area (Å²) in [6.45, 7) is 6.11. The Hall–Kier alpha value is -2.97. The minimum absolute atomic E-state index is 0.0233. The van der Waals surface area contributed by atoms with Crippen LogP contribution in [0.3, 0.4) is 0 Å². The third-order valence-electron chi connectivity index (χ3n) is 3.93. The van der Waals surface area contributed by atoms with Crippen molar-refractivity contribution in [3.63, 3.8) is 0 Å². The number of nitrogens with one attached hydrogen (secondary N) is 1. The van der Waals surface area contributed by atoms with Gasteiger partial charge in [0.1, 0.15) is 5.69 Å². The van der Waals surface area contributed by atoms with Crippen molar-refractivity contribution in [2.75, 3.05) is 6.54 Å². The molecular formula is C17H23N7O2. The van der Waals surface area contributed by atoms with Gasteiger partial charge in [-0.1, -0.05) is 0 Å². The number of amides is 1. The van der Waals surface area contributed by atoms with E-state index in [2.05, 4.69) is 25.6 Å². The molecule has 0 saturated carbocycles. The summed E-state index contributed by atoms with van der Waals surface area (Å²) in [6, 6.07) is 1.91. The number of aromatic nitrogens is 6. The maximum atomic E-state index is 11.9. The van der Waals surface area contributed by atoms with Crippen LogP contribution < -0.4 is 5.32 Å². The summed E-state index contributed by atoms with van der Waals surface area (Å²) >= 11 is 0. The van der Waals surface area contributed by atoms with E-state index in [1.807, 2.05) is 35.4 Å². The van der Waals surface area contributed by atoms with Gasteiger partial charge >= 0.3 is 0 Å². The Balaban J connectivity index is 1.43. The van der Waals surface area contributed by atoms with E-state index in [-0.39, 0.29) is 5.91 Å². The molecule has 1 amide bonds. The molecule has 0 spiro atoms. The van der Waals surface area contributed by atoms with Crippen LogP contribution in [0.2, 0.25) is 0 Å². The summed E-state index contributed by atoms with van der Waals surface area (Å²) in [5.74, 6) is 0.864. The molecule has 0 aliphatic rings. The van der Waals surface area contributed by atoms with Crippen LogP contribution in [0.1, 0.15) is 31.4 Å². The van der Waals surface area contributed by atoms with Crippen molar-refractivity contribution >= 4 is 5.91 Å². The van der Waals surface area contributed by atoms with Crippen molar-refractivity contribution < 1.29 is 9.21 Å². The molecule has 138 valence electrons. The van der Waals surface area contributed by atoms with Crippen molar-refractivity contribution in [1.82, 2.24) is 34.8 Å². The lowest BCUT2D eigenvalue weighted by Gasteiger charge is -2.04. The summed E-state index contributed by atoms with van der Waals surface area (Å²) in [5, 5.41) is 15.4. The number of hydrogen-bond acceptors (Lipinski definition) is 6. The fourth-order valence-corrected chi connectivity index (χ4v) is 2.63. The molecule has 0 radical (unpaired) electrons. The lowest BCUT2D eigenvalue weighted by molar-refractivity contribution is -0.121. The average molecular weight is 357 g/mol. The Bertz CT molecular complexity index is 835. The largest absolute Gasteiger partial charge is 0.419 e. The van der Waals surface area contributed by atoms with E-state index < -0.39 is 0 Å². The molecule has 9 heteroatoms. The normalized spacial score (nSPS) is 11.0. The van der Waals surface area contributed by atoms with Crippen LogP contribution >= 0.6 is 0 Å². The van der Waals surface area contributed by atoms with Crippen molar-refractivity contribution in [3.05, 3.63) is 36.4 Å². The topological polar surface area (TPSA) is 104 Å². The van der Waals surface area contributed by atoms with Gasteiger partial charge in [-0.15, -0.1) is 10.2 Å². The van der Waals surface area contributed by atoms with Gasteiger partial charge in [0.25, 0.3) is 5.89 Å². The van der Waals surface area contributed by atoms with E-state index in [0.29, 0.717) is 31.2 Å². The maximum absolute atomic E-state index is 11.9. The zero-order chi connectivity index (χ0) is 18.4. The predicted molar refractivity (Wildman–Crippen MR) is 94.1 cm³/mol. The first kappa shape index (κ1) is 17.8. The van der Waals surface area contributed by atoms with Gasteiger partial charge in [0.05, 0.1) is 12.0 Å². The van der Waals surface area contributed by atoms with Gasteiger partial charge in [0.2, 0.25) is 11.8 Å². The van der Waals surface area contributed by atoms with E-state index in [1.165, 1.54) is 0 Å². The second kappa shape index (κ2) is 8.41. The number of hydrogen-bond donors (Lipinski definition) is 1. The Morgan fingerprint density at radius 2 is 2.23 bits per heavy atom. The quantitative estimate of drug-likeness (QED) is 0.583. The molecule has 0 aliphatic carbocycles. The minimum atomic E-state index is -0.0233. The lowest BCUT2D eigenvalue weighted by atomic mass is 10.3. The Morgan fingerprint density at radius 3 is 3.00 bits per heavy atom. The lowest BCUT2D eigenvalue weighted by Crippen LogP contribution is -2.25. The minimum Gasteiger partial charge on any atom is -0.419 e. The van der Waals surface area contributed by atoms with E-state index in [1.54, 1.807) is 12.5 Å². The molecule has 3 aromatic rings. The highest BCUT2D eigenvalue weighted by Gasteiger charge is 2.15. The SMILES string of the molecule is CCn1nc(C)cc1-c1nnc(CCC(=O)NCCCn2ccnc2)o1. The first-order chi connectivity index (χ1) is 12.7. The van der Waals surface area contributed by atoms with Crippen LogP contribution in [-0.4, -0.2) is 42.0 Å². The molecule has 0 fully saturated rings. The van der Waals surface area contributed by atoms with Crippen LogP contribution in [0.25, 0.3) is 11.6 Å². The van der Waals surface area contributed by atoms with Crippen molar-refractivity contribution in [1.29, 1.82) is 0 Å². The van der Waals surface area contributed by atoms with Gasteiger partial charge in [0, 0.05) is 44.9 Å². The van der Waals surface area contributed by atoms with E-state index >= 15 is 0 Å². The number of aryl methyl sites for hydroxylation is 4. The summed E-state index contributed by atoms with van der Waals surface area (Å²) in [5.41, 5.74) is 1.70. The Morgan fingerprint density at radius 1 is 1.35 bits per heavy atom. The average Bonchev–Trinajstić information content (AvgIpc) is 3.37. The van der Waals surface area contributed by atoms with Crippen LogP contribution in [-0.2, 0) is 24.3 Å². The highest BCUT2D eigenvalue weighted by atomic mass is 16.4. The van der Waals surface area contributed by atoms with Crippen molar-refractivity contribution in [2.45, 2.75) is 46.2 Å². The molecule has 0 unspecified atom stereocenters. The number of imidazole rings is 1. The molecule has 0 bridgehead atoms. The fourth-order valence-electron chi connectivity index (χ4n) is 2.63. The third kappa shape index (κ3) is 4.56. The second-order valence-electron chi connectivity index (χ2n) is 5.99. The molecule has 1 N–H and O–H groups in total. The summed E-state index contributed by atoms with van der Waals surface area (Å²) in [7, 11) is 0. The molecule has 9 nitrogen and oxygen atoms in total. The van der Waals surface area contributed by atoms with Gasteiger partial charge in [-0.3, -0.25) is 9.48 Å². The Kier molecular flexibility index (Phi) is 5.77. The van der Waals surface area contributed by atoms with Gasteiger partial charge in [-0.05, 0) is 26.3 Å². The number of rotatable bonds is 9. The van der Waals surface area contributed by atoms with E-state index in [9.17, 15) is 4.79 Å². The van der Waals surface area contributed by atoms with Crippen molar-refractivity contribution in [2.24, 2.45) is 0 Å². The predicted octanol–water partition coefficient (Wildman–Crippen LogP) is 1.60. The zero-order valence-corrected chi connectivity index (χ0v) is 15.1. The van der Waals surface area contributed by atoms with Crippen LogP contribution in [0.15, 0.2) is 29.2 Å². The van der Waals surface area contributed by atoms with Crippen molar-refractivity contribution in [3.8, 4) is 11.6 Å². The first-order valence-electron chi connectivity index (χ1n) is 8.75. The standard InChI is InChI=1S/C17H23N7O2/c1-3-24-14(11-13(2)22-24)17-21-20-16(26-17)6-5-15(25)19-7-4-9-23-10-8-18-12-23/h8,10-12H,3-7,9H2,1-2H3,(H,19,25). The molecule has 0 atom stereocenters. The number of carbonyl (C=O) groups is 1. The molecule has 26 heavy (non-hydrogen) atoms. The van der Waals surface area contributed by atoms with E-state index in [0.717, 1.165) is 30.9 Å². The monoisotopic (exact) mass is 357 g/mol. The zero-order valence-electron chi connectivity index (χ0n) is 15.1. The second-order valence-corrected chi connectivity index (χ2v) is 5.99. The van der Waals surface area contributed by atoms with Gasteiger partial charge in [-0.2, -0.15) is 5.10 Å². The number of nitrogens with zero attached hydrogens (tertiary/aromatic N) is 6. The maximum Gasteiger partial charge on any atom is 0.265 e. The number of carbonyl (C=O) groups excluding carboxylic acids is 1. The molecule has 3 aromatic heterocycles. The van der Waals surface area contributed by atoms with Crippen LogP contribution in [0, 0.1) is 6.92 Å². The van der Waals surface area contributed by atoms with Crippen LogP contribution in [0.5, 0.6) is 0 Å². The van der Waals surface area contributed by atoms with Gasteiger partial charge in [0.15, 0.2) is 0 Å². The highest BCUT2D eigenvalue weighted by molar-refractivity contribution is 5.75. The van der Waals surface area contributed by atoms with Gasteiger partial charge in [-0.25, -0.2) is 4.98 Å². The fraction of sp³-hybridized carbons (Fsp3) is 0.471. The highest BCUT2D eigenvalue weighted by Crippen LogP contribution is 2.19. The van der Waals surface area contributed by atoms with Gasteiger partial charge < -0.3 is 14.3 Å². The molecule has 0 saturated heterocycles. The summed E-state index contributed by atoms with van der Waals surface area (Å²) in [4.78, 5) is 15.9. The molecule has 0 aliphatic heterocycles. The van der Waals surface area contributed by atoms with Crippen LogP contribution in [0.4, 0.5) is 0 Å². The molecular weight excluding hydrogens is 334 g/mol. The van der Waals surface area contributed by atoms with E-state index in [4.69, 9.17) is 4.42 Å². The third-order valence-corrected chi connectivity index (χ3v) is 3.93. The molecule has 3 heterocycles. The smallest absolute Gasteiger partial charge is 0.265 e. The first-order valence-corrected chi connectivity index (χ1v) is 8.75. The molecule has 3 rings (SSSR count). The summed E-state index contributed by atoms with van der Waals surface area (Å²) in [6.07, 6.45) is 7.00. The summed E-state index contributed by atoms with van der Waals surface area (Å²) < 4.78 is 9.48. The molecule has 0 aromatic carbocycles.